The van der Waals surface area contributed by atoms with E-state index in [1.54, 1.807) is 19.9 Å². The maximum absolute atomic E-state index is 12.5. The van der Waals surface area contributed by atoms with Crippen LogP contribution in [0.5, 0.6) is 0 Å². The summed E-state index contributed by atoms with van der Waals surface area (Å²) in [6.45, 7) is 3.27. The van der Waals surface area contributed by atoms with E-state index in [0.717, 1.165) is 25.7 Å². The van der Waals surface area contributed by atoms with Gasteiger partial charge in [-0.1, -0.05) is 12.1 Å². The first kappa shape index (κ1) is 24.4. The number of hydrogen-bond donors (Lipinski definition) is 1. The van der Waals surface area contributed by atoms with Gasteiger partial charge in [-0.2, -0.15) is 0 Å². The van der Waals surface area contributed by atoms with Gasteiger partial charge in [-0.25, -0.2) is 9.59 Å². The van der Waals surface area contributed by atoms with Crippen LogP contribution < -0.4 is 5.32 Å². The molecule has 1 aromatic rings. The molecular formula is C22H25ClN2O8. The second kappa shape index (κ2) is 11.0. The van der Waals surface area contributed by atoms with E-state index in [1.165, 1.54) is 18.2 Å². The van der Waals surface area contributed by atoms with Crippen LogP contribution in [0.3, 0.4) is 0 Å². The number of non-ortho nitro benzene ring substituents is 1. The molecule has 0 saturated heterocycles. The lowest BCUT2D eigenvalue weighted by molar-refractivity contribution is -0.384. The molecular weight excluding hydrogens is 456 g/mol. The summed E-state index contributed by atoms with van der Waals surface area (Å²) in [6, 6.07) is 5.78. The second-order valence-electron chi connectivity index (χ2n) is 7.65. The highest BCUT2D eigenvalue weighted by Gasteiger charge is 2.36. The monoisotopic (exact) mass is 480 g/mol. The molecule has 33 heavy (non-hydrogen) atoms. The molecule has 10 nitrogen and oxygen atoms in total. The van der Waals surface area contributed by atoms with Gasteiger partial charge in [-0.05, 0) is 45.1 Å². The van der Waals surface area contributed by atoms with Gasteiger partial charge < -0.3 is 24.3 Å². The smallest absolute Gasteiger partial charge is 0.433 e. The van der Waals surface area contributed by atoms with Crippen molar-refractivity contribution in [1.82, 2.24) is 5.32 Å². The van der Waals surface area contributed by atoms with Crippen LogP contribution in [0.25, 0.3) is 0 Å². The SMILES string of the molecule is CC1=C(OC(=O)OCCCl)C(c2cccc([N+](=O)[O-])c2)C(OC(=O)OC2CCCC2)=C(C)N1. The molecule has 0 aromatic heterocycles. The quantitative estimate of drug-likeness (QED) is 0.241. The number of carbonyl (C=O) groups excluding carboxylic acids is 2. The molecule has 0 bridgehead atoms. The van der Waals surface area contributed by atoms with Crippen LogP contribution in [0, 0.1) is 10.1 Å². The number of nitrogens with one attached hydrogen (secondary N) is 1. The average molecular weight is 481 g/mol. The number of hydrogen-bond acceptors (Lipinski definition) is 9. The molecule has 1 aliphatic heterocycles. The van der Waals surface area contributed by atoms with Crippen molar-refractivity contribution in [3.8, 4) is 0 Å². The van der Waals surface area contributed by atoms with Crippen molar-refractivity contribution in [3.63, 3.8) is 0 Å². The number of carbonyl (C=O) groups is 2. The topological polar surface area (TPSA) is 126 Å². The van der Waals surface area contributed by atoms with E-state index in [2.05, 4.69) is 5.32 Å². The van der Waals surface area contributed by atoms with Crippen LogP contribution in [0.1, 0.15) is 51.0 Å². The zero-order valence-electron chi connectivity index (χ0n) is 18.3. The fourth-order valence-electron chi connectivity index (χ4n) is 3.85. The second-order valence-corrected chi connectivity index (χ2v) is 8.03. The summed E-state index contributed by atoms with van der Waals surface area (Å²) in [5.74, 6) is -0.681. The van der Waals surface area contributed by atoms with Crippen LogP contribution in [-0.4, -0.2) is 35.8 Å². The summed E-state index contributed by atoms with van der Waals surface area (Å²) in [5, 5.41) is 14.4. The number of rotatable bonds is 7. The zero-order chi connectivity index (χ0) is 24.0. The molecule has 1 saturated carbocycles. The minimum absolute atomic E-state index is 0.0619. The van der Waals surface area contributed by atoms with E-state index in [-0.39, 0.29) is 35.8 Å². The first-order valence-corrected chi connectivity index (χ1v) is 11.1. The van der Waals surface area contributed by atoms with Crippen molar-refractivity contribution >= 4 is 29.6 Å². The fourth-order valence-corrected chi connectivity index (χ4v) is 3.92. The molecule has 1 aromatic carbocycles. The van der Waals surface area contributed by atoms with Crippen molar-refractivity contribution < 1.29 is 33.5 Å². The molecule has 178 valence electrons. The molecule has 3 rings (SSSR count). The van der Waals surface area contributed by atoms with Crippen LogP contribution in [0.4, 0.5) is 15.3 Å². The fraction of sp³-hybridized carbons (Fsp3) is 0.455. The molecule has 2 aliphatic rings. The van der Waals surface area contributed by atoms with Gasteiger partial charge in [-0.15, -0.1) is 11.6 Å². The molecule has 1 fully saturated rings. The van der Waals surface area contributed by atoms with Crippen molar-refractivity contribution in [2.75, 3.05) is 12.5 Å². The predicted molar refractivity (Wildman–Crippen MR) is 117 cm³/mol. The Labute approximate surface area is 195 Å². The highest BCUT2D eigenvalue weighted by Crippen LogP contribution is 2.40. The Bertz CT molecular complexity index is 984. The van der Waals surface area contributed by atoms with E-state index in [0.29, 0.717) is 17.0 Å². The number of nitro benzene ring substituents is 1. The lowest BCUT2D eigenvalue weighted by Crippen LogP contribution is -2.30. The number of alkyl halides is 1. The largest absolute Gasteiger partial charge is 0.513 e. The van der Waals surface area contributed by atoms with E-state index in [4.69, 9.17) is 30.5 Å². The van der Waals surface area contributed by atoms with Crippen LogP contribution in [0.2, 0.25) is 0 Å². The summed E-state index contributed by atoms with van der Waals surface area (Å²) in [5.41, 5.74) is 1.13. The Morgan fingerprint density at radius 3 is 2.36 bits per heavy atom. The maximum Gasteiger partial charge on any atom is 0.513 e. The Balaban J connectivity index is 1.95. The van der Waals surface area contributed by atoms with Gasteiger partial charge in [-0.3, -0.25) is 10.1 Å². The number of halogens is 1. The molecule has 0 radical (unpaired) electrons. The van der Waals surface area contributed by atoms with Gasteiger partial charge in [0.1, 0.15) is 30.1 Å². The maximum atomic E-state index is 12.5. The van der Waals surface area contributed by atoms with Crippen molar-refractivity contribution in [1.29, 1.82) is 0 Å². The van der Waals surface area contributed by atoms with Crippen LogP contribution in [0.15, 0.2) is 47.2 Å². The molecule has 1 unspecified atom stereocenters. The number of ether oxygens (including phenoxy) is 4. The minimum Gasteiger partial charge on any atom is -0.433 e. The Kier molecular flexibility index (Phi) is 8.16. The molecule has 1 N–H and O–H groups in total. The summed E-state index contributed by atoms with van der Waals surface area (Å²) in [7, 11) is 0. The van der Waals surface area contributed by atoms with Crippen molar-refractivity contribution in [3.05, 3.63) is 62.9 Å². The average Bonchev–Trinajstić information content (AvgIpc) is 3.28. The van der Waals surface area contributed by atoms with Gasteiger partial charge in [0, 0.05) is 12.1 Å². The lowest BCUT2D eigenvalue weighted by atomic mass is 9.90. The van der Waals surface area contributed by atoms with Crippen molar-refractivity contribution in [2.45, 2.75) is 51.6 Å². The number of nitro groups is 1. The number of nitrogens with zero attached hydrogens (tertiary/aromatic N) is 1. The number of dihydropyridines is 1. The molecule has 11 heteroatoms. The van der Waals surface area contributed by atoms with Gasteiger partial charge in [0.05, 0.1) is 22.2 Å². The number of benzene rings is 1. The van der Waals surface area contributed by atoms with Crippen molar-refractivity contribution in [2.24, 2.45) is 0 Å². The molecule has 0 spiro atoms. The van der Waals surface area contributed by atoms with Gasteiger partial charge >= 0.3 is 12.3 Å². The third-order valence-corrected chi connectivity index (χ3v) is 5.46. The van der Waals surface area contributed by atoms with Crippen LogP contribution >= 0.6 is 11.6 Å². The highest BCUT2D eigenvalue weighted by molar-refractivity contribution is 6.18. The third-order valence-electron chi connectivity index (χ3n) is 5.30. The third kappa shape index (κ3) is 6.16. The normalized spacial score (nSPS) is 18.6. The molecule has 1 aliphatic carbocycles. The molecule has 1 atom stereocenters. The zero-order valence-corrected chi connectivity index (χ0v) is 19.1. The lowest BCUT2D eigenvalue weighted by Gasteiger charge is -2.30. The van der Waals surface area contributed by atoms with Gasteiger partial charge in [0.25, 0.3) is 5.69 Å². The Hall–Kier alpha value is -3.27. The van der Waals surface area contributed by atoms with E-state index in [1.807, 2.05) is 0 Å². The first-order chi connectivity index (χ1) is 15.8. The van der Waals surface area contributed by atoms with E-state index >= 15 is 0 Å². The van der Waals surface area contributed by atoms with Crippen LogP contribution in [-0.2, 0) is 18.9 Å². The summed E-state index contributed by atoms with van der Waals surface area (Å²) in [4.78, 5) is 35.5. The molecule has 1 heterocycles. The first-order valence-electron chi connectivity index (χ1n) is 10.5. The Morgan fingerprint density at radius 1 is 1.12 bits per heavy atom. The van der Waals surface area contributed by atoms with E-state index in [9.17, 15) is 19.7 Å². The number of allylic oxidation sites excluding steroid dienone is 2. The van der Waals surface area contributed by atoms with Gasteiger partial charge in [0.15, 0.2) is 0 Å². The summed E-state index contributed by atoms with van der Waals surface area (Å²) >= 11 is 5.56. The predicted octanol–water partition coefficient (Wildman–Crippen LogP) is 5.23. The Morgan fingerprint density at radius 2 is 1.76 bits per heavy atom. The van der Waals surface area contributed by atoms with Gasteiger partial charge in [0.2, 0.25) is 0 Å². The summed E-state index contributed by atoms with van der Waals surface area (Å²) < 4.78 is 21.3. The molecule has 0 amide bonds. The highest BCUT2D eigenvalue weighted by atomic mass is 35.5. The standard InChI is InChI=1S/C22H25ClN2O8/c1-13-19(32-21(26)30-11-10-23)18(15-6-5-7-16(12-15)25(28)29)20(14(2)24-13)33-22(27)31-17-8-3-4-9-17/h5-7,12,17-18,24H,3-4,8-11H2,1-2H3. The summed E-state index contributed by atoms with van der Waals surface area (Å²) in [6.07, 6.45) is 1.36. The van der Waals surface area contributed by atoms with E-state index < -0.39 is 23.2 Å². The minimum atomic E-state index is -1.00.